The number of thiophene rings is 1. The van der Waals surface area contributed by atoms with Gasteiger partial charge in [0.1, 0.15) is 11.6 Å². The van der Waals surface area contributed by atoms with Gasteiger partial charge in [0.25, 0.3) is 5.91 Å². The summed E-state index contributed by atoms with van der Waals surface area (Å²) in [4.78, 5) is 24.9. The zero-order valence-electron chi connectivity index (χ0n) is 14.0. The Morgan fingerprint density at radius 3 is 2.77 bits per heavy atom. The van der Waals surface area contributed by atoms with Gasteiger partial charge in [0.05, 0.1) is 11.4 Å². The van der Waals surface area contributed by atoms with E-state index in [-0.39, 0.29) is 37.1 Å². The Morgan fingerprint density at radius 1 is 1.31 bits per heavy atom. The van der Waals surface area contributed by atoms with E-state index in [2.05, 4.69) is 10.4 Å². The fourth-order valence-electron chi connectivity index (χ4n) is 2.29. The maximum atomic E-state index is 12.8. The lowest BCUT2D eigenvalue weighted by Crippen LogP contribution is -2.34. The zero-order chi connectivity index (χ0) is 18.5. The average molecular weight is 376 g/mol. The van der Waals surface area contributed by atoms with Crippen molar-refractivity contribution in [2.75, 3.05) is 13.2 Å². The summed E-state index contributed by atoms with van der Waals surface area (Å²) < 4.78 is 20.8. The number of halogens is 1. The predicted octanol–water partition coefficient (Wildman–Crippen LogP) is 1.64. The van der Waals surface area contributed by atoms with Crippen molar-refractivity contribution in [3.05, 3.63) is 58.1 Å². The van der Waals surface area contributed by atoms with Crippen molar-refractivity contribution in [3.63, 3.8) is 0 Å². The minimum absolute atomic E-state index is 0.191. The van der Waals surface area contributed by atoms with Crippen LogP contribution in [0.2, 0.25) is 0 Å². The van der Waals surface area contributed by atoms with E-state index in [1.165, 1.54) is 44.9 Å². The average Bonchev–Trinajstić information content (AvgIpc) is 3.25. The number of hydrogen-bond acceptors (Lipinski definition) is 5. The van der Waals surface area contributed by atoms with Crippen molar-refractivity contribution in [1.82, 2.24) is 19.7 Å². The number of ether oxygens (including phenoxy) is 1. The summed E-state index contributed by atoms with van der Waals surface area (Å²) >= 11 is 1.50. The molecule has 0 saturated heterocycles. The van der Waals surface area contributed by atoms with Crippen molar-refractivity contribution in [2.24, 2.45) is 7.05 Å². The number of aromatic nitrogens is 3. The number of carbonyl (C=O) groups is 1. The standard InChI is InChI=1S/C17H17FN4O3S/c1-21-16(14-3-2-10-26-14)20-22(17(21)24)9-8-19-15(23)11-25-13-6-4-12(18)5-7-13/h2-7,10H,8-9,11H2,1H3,(H,19,23). The monoisotopic (exact) mass is 376 g/mol. The van der Waals surface area contributed by atoms with Gasteiger partial charge in [0.2, 0.25) is 0 Å². The molecule has 1 aromatic carbocycles. The second-order valence-corrected chi connectivity index (χ2v) is 6.41. The lowest BCUT2D eigenvalue weighted by molar-refractivity contribution is -0.123. The van der Waals surface area contributed by atoms with Gasteiger partial charge in [-0.3, -0.25) is 9.36 Å². The van der Waals surface area contributed by atoms with Crippen molar-refractivity contribution < 1.29 is 13.9 Å². The topological polar surface area (TPSA) is 78.2 Å². The molecule has 3 rings (SSSR count). The number of nitrogens with one attached hydrogen (secondary N) is 1. The minimum Gasteiger partial charge on any atom is -0.484 e. The summed E-state index contributed by atoms with van der Waals surface area (Å²) in [5.41, 5.74) is -0.245. The maximum Gasteiger partial charge on any atom is 0.346 e. The van der Waals surface area contributed by atoms with Gasteiger partial charge in [-0.2, -0.15) is 0 Å². The molecule has 2 aromatic heterocycles. The number of benzene rings is 1. The van der Waals surface area contributed by atoms with E-state index in [4.69, 9.17) is 4.74 Å². The van der Waals surface area contributed by atoms with E-state index >= 15 is 0 Å². The fourth-order valence-corrected chi connectivity index (χ4v) is 3.03. The highest BCUT2D eigenvalue weighted by molar-refractivity contribution is 7.13. The lowest BCUT2D eigenvalue weighted by Gasteiger charge is -2.07. The Bertz CT molecular complexity index is 932. The molecule has 0 spiro atoms. The Labute approximate surface area is 152 Å². The molecule has 0 aliphatic heterocycles. The molecule has 7 nitrogen and oxygen atoms in total. The summed E-state index contributed by atoms with van der Waals surface area (Å²) in [7, 11) is 1.66. The van der Waals surface area contributed by atoms with Gasteiger partial charge in [-0.25, -0.2) is 13.9 Å². The molecule has 26 heavy (non-hydrogen) atoms. The molecule has 1 amide bonds. The van der Waals surface area contributed by atoms with Crippen LogP contribution in [-0.2, 0) is 18.4 Å². The van der Waals surface area contributed by atoms with Crippen LogP contribution in [0.5, 0.6) is 5.75 Å². The van der Waals surface area contributed by atoms with E-state index < -0.39 is 0 Å². The molecule has 0 aliphatic carbocycles. The normalized spacial score (nSPS) is 10.7. The first kappa shape index (κ1) is 17.9. The van der Waals surface area contributed by atoms with Crippen LogP contribution in [0.3, 0.4) is 0 Å². The number of amides is 1. The van der Waals surface area contributed by atoms with Gasteiger partial charge in [-0.1, -0.05) is 6.07 Å². The molecule has 0 aliphatic rings. The van der Waals surface area contributed by atoms with Gasteiger partial charge in [-0.15, -0.1) is 16.4 Å². The number of hydrogen-bond donors (Lipinski definition) is 1. The minimum atomic E-state index is -0.371. The first-order valence-corrected chi connectivity index (χ1v) is 8.75. The third-order valence-electron chi connectivity index (χ3n) is 3.61. The van der Waals surface area contributed by atoms with Gasteiger partial charge < -0.3 is 10.1 Å². The van der Waals surface area contributed by atoms with Crippen LogP contribution in [0.25, 0.3) is 10.7 Å². The van der Waals surface area contributed by atoms with Gasteiger partial charge in [0, 0.05) is 13.6 Å². The van der Waals surface area contributed by atoms with E-state index in [1.807, 2.05) is 17.5 Å². The van der Waals surface area contributed by atoms with E-state index in [1.54, 1.807) is 7.05 Å². The molecular weight excluding hydrogens is 359 g/mol. The maximum absolute atomic E-state index is 12.8. The van der Waals surface area contributed by atoms with E-state index in [0.717, 1.165) is 4.88 Å². The van der Waals surface area contributed by atoms with Crippen LogP contribution in [0.4, 0.5) is 4.39 Å². The van der Waals surface area contributed by atoms with Crippen LogP contribution in [0.15, 0.2) is 46.6 Å². The molecule has 0 radical (unpaired) electrons. The Hall–Kier alpha value is -2.94. The van der Waals surface area contributed by atoms with Gasteiger partial charge in [-0.05, 0) is 35.7 Å². The molecule has 136 valence electrons. The fraction of sp³-hybridized carbons (Fsp3) is 0.235. The highest BCUT2D eigenvalue weighted by Gasteiger charge is 2.13. The lowest BCUT2D eigenvalue weighted by atomic mass is 10.3. The van der Waals surface area contributed by atoms with Gasteiger partial charge >= 0.3 is 5.69 Å². The molecule has 2 heterocycles. The van der Waals surface area contributed by atoms with Gasteiger partial charge in [0.15, 0.2) is 12.4 Å². The zero-order valence-corrected chi connectivity index (χ0v) is 14.8. The summed E-state index contributed by atoms with van der Waals surface area (Å²) in [6, 6.07) is 9.19. The van der Waals surface area contributed by atoms with Crippen molar-refractivity contribution in [3.8, 4) is 16.5 Å². The molecule has 9 heteroatoms. The highest BCUT2D eigenvalue weighted by Crippen LogP contribution is 2.20. The first-order chi connectivity index (χ1) is 12.5. The van der Waals surface area contributed by atoms with Crippen molar-refractivity contribution >= 4 is 17.2 Å². The van der Waals surface area contributed by atoms with E-state index in [0.29, 0.717) is 11.6 Å². The molecule has 0 fully saturated rings. The Balaban J connectivity index is 1.50. The summed E-state index contributed by atoms with van der Waals surface area (Å²) in [6.07, 6.45) is 0. The Kier molecular flexibility index (Phi) is 5.47. The quantitative estimate of drug-likeness (QED) is 0.680. The second kappa shape index (κ2) is 7.96. The summed E-state index contributed by atoms with van der Waals surface area (Å²) in [5, 5.41) is 8.89. The first-order valence-electron chi connectivity index (χ1n) is 7.87. The number of nitrogens with zero attached hydrogens (tertiary/aromatic N) is 3. The van der Waals surface area contributed by atoms with E-state index in [9.17, 15) is 14.0 Å². The van der Waals surface area contributed by atoms with Crippen LogP contribution in [0.1, 0.15) is 0 Å². The smallest absolute Gasteiger partial charge is 0.346 e. The molecule has 3 aromatic rings. The molecule has 0 bridgehead atoms. The van der Waals surface area contributed by atoms with Crippen LogP contribution in [-0.4, -0.2) is 33.4 Å². The third-order valence-corrected chi connectivity index (χ3v) is 4.48. The summed E-state index contributed by atoms with van der Waals surface area (Å²) in [6.45, 7) is 0.302. The number of rotatable bonds is 7. The number of carbonyl (C=O) groups excluding carboxylic acids is 1. The molecule has 0 unspecified atom stereocenters. The molecule has 0 atom stereocenters. The molecule has 0 saturated carbocycles. The molecular formula is C17H17FN4O3S. The van der Waals surface area contributed by atoms with Crippen molar-refractivity contribution in [1.29, 1.82) is 0 Å². The third kappa shape index (κ3) is 4.17. The largest absolute Gasteiger partial charge is 0.484 e. The van der Waals surface area contributed by atoms with Crippen LogP contribution < -0.4 is 15.7 Å². The predicted molar refractivity (Wildman–Crippen MR) is 95.7 cm³/mol. The molecule has 1 N–H and O–H groups in total. The summed E-state index contributed by atoms with van der Waals surface area (Å²) in [5.74, 6) is 0.292. The second-order valence-electron chi connectivity index (χ2n) is 5.46. The van der Waals surface area contributed by atoms with Crippen LogP contribution in [0, 0.1) is 5.82 Å². The van der Waals surface area contributed by atoms with Crippen molar-refractivity contribution in [2.45, 2.75) is 6.54 Å². The Morgan fingerprint density at radius 2 is 2.08 bits per heavy atom. The van der Waals surface area contributed by atoms with Crippen LogP contribution >= 0.6 is 11.3 Å². The SMILES string of the molecule is Cn1c(-c2cccs2)nn(CCNC(=O)COc2ccc(F)cc2)c1=O. The highest BCUT2D eigenvalue weighted by atomic mass is 32.1.